The highest BCUT2D eigenvalue weighted by Gasteiger charge is 2.11. The van der Waals surface area contributed by atoms with E-state index in [9.17, 15) is 0 Å². The van der Waals surface area contributed by atoms with Crippen LogP contribution in [0.2, 0.25) is 0 Å². The minimum atomic E-state index is 0.492. The second-order valence-electron chi connectivity index (χ2n) is 2.90. The molecular formula is C9H16N4O2S. The number of aromatic nitrogens is 2. The quantitative estimate of drug-likeness (QED) is 0.242. The average Bonchev–Trinajstić information content (AvgIpc) is 2.34. The summed E-state index contributed by atoms with van der Waals surface area (Å²) >= 11 is 1.59. The molecule has 1 rings (SSSR count). The zero-order chi connectivity index (χ0) is 11.8. The van der Waals surface area contributed by atoms with E-state index >= 15 is 0 Å². The van der Waals surface area contributed by atoms with Gasteiger partial charge < -0.3 is 14.9 Å². The van der Waals surface area contributed by atoms with Crippen molar-refractivity contribution in [3.05, 3.63) is 6.33 Å². The lowest BCUT2D eigenvalue weighted by Crippen LogP contribution is -2.11. The Hall–Kier alpha value is -1.05. The molecule has 0 aromatic carbocycles. The van der Waals surface area contributed by atoms with Crippen LogP contribution in [-0.4, -0.2) is 36.5 Å². The molecule has 1 heterocycles. The highest BCUT2D eigenvalue weighted by Crippen LogP contribution is 2.31. The molecule has 0 spiro atoms. The van der Waals surface area contributed by atoms with Gasteiger partial charge in [-0.3, -0.25) is 0 Å². The summed E-state index contributed by atoms with van der Waals surface area (Å²) in [5.41, 5.74) is 2.47. The number of hydrogen-bond acceptors (Lipinski definition) is 7. The first-order valence-electron chi connectivity index (χ1n) is 4.80. The molecule has 0 atom stereocenters. The number of rotatable bonds is 7. The lowest BCUT2D eigenvalue weighted by molar-refractivity contribution is 0.200. The van der Waals surface area contributed by atoms with Gasteiger partial charge in [0.15, 0.2) is 11.6 Å². The van der Waals surface area contributed by atoms with E-state index in [1.807, 2.05) is 0 Å². The zero-order valence-electron chi connectivity index (χ0n) is 9.40. The van der Waals surface area contributed by atoms with Gasteiger partial charge in [-0.25, -0.2) is 15.8 Å². The second kappa shape index (κ2) is 7.26. The molecule has 0 aliphatic carbocycles. The van der Waals surface area contributed by atoms with E-state index in [1.165, 1.54) is 6.33 Å². The topological polar surface area (TPSA) is 82.3 Å². The third kappa shape index (κ3) is 3.51. The Labute approximate surface area is 98.9 Å². The van der Waals surface area contributed by atoms with Gasteiger partial charge in [-0.1, -0.05) is 0 Å². The highest BCUT2D eigenvalue weighted by atomic mass is 32.2. The first-order chi connectivity index (χ1) is 7.83. The third-order valence-electron chi connectivity index (χ3n) is 1.84. The normalized spacial score (nSPS) is 10.2. The van der Waals surface area contributed by atoms with Crippen LogP contribution in [0.3, 0.4) is 0 Å². The van der Waals surface area contributed by atoms with Crippen molar-refractivity contribution >= 4 is 17.6 Å². The predicted molar refractivity (Wildman–Crippen MR) is 63.6 cm³/mol. The summed E-state index contributed by atoms with van der Waals surface area (Å²) < 4.78 is 10.2. The summed E-state index contributed by atoms with van der Waals surface area (Å²) in [5.74, 6) is 7.30. The molecule has 7 heteroatoms. The summed E-state index contributed by atoms with van der Waals surface area (Å²) in [7, 11) is 3.26. The molecule has 0 bridgehead atoms. The molecule has 0 radical (unpaired) electrons. The Kier molecular flexibility index (Phi) is 5.91. The van der Waals surface area contributed by atoms with Crippen molar-refractivity contribution in [1.29, 1.82) is 0 Å². The summed E-state index contributed by atoms with van der Waals surface area (Å²) in [5, 5.41) is 0.779. The molecule has 0 unspecified atom stereocenters. The molecule has 16 heavy (non-hydrogen) atoms. The van der Waals surface area contributed by atoms with Crippen LogP contribution in [0.15, 0.2) is 11.4 Å². The SMILES string of the molecule is COCCCSc1ncnc(NN)c1OC. The number of nitrogens with one attached hydrogen (secondary N) is 1. The van der Waals surface area contributed by atoms with Crippen LogP contribution >= 0.6 is 11.8 Å². The lowest BCUT2D eigenvalue weighted by atomic mass is 10.5. The van der Waals surface area contributed by atoms with Crippen molar-refractivity contribution in [3.63, 3.8) is 0 Å². The fourth-order valence-electron chi connectivity index (χ4n) is 1.12. The molecule has 6 nitrogen and oxygen atoms in total. The molecule has 0 saturated heterocycles. The maximum absolute atomic E-state index is 5.32. The summed E-state index contributed by atoms with van der Waals surface area (Å²) in [6, 6.07) is 0. The van der Waals surface area contributed by atoms with Gasteiger partial charge in [-0.2, -0.15) is 0 Å². The van der Waals surface area contributed by atoms with E-state index in [-0.39, 0.29) is 0 Å². The van der Waals surface area contributed by atoms with Crippen LogP contribution in [0.1, 0.15) is 6.42 Å². The minimum absolute atomic E-state index is 0.492. The second-order valence-corrected chi connectivity index (χ2v) is 3.98. The van der Waals surface area contributed by atoms with Crippen molar-refractivity contribution in [3.8, 4) is 5.75 Å². The minimum Gasteiger partial charge on any atom is -0.490 e. The Bertz CT molecular complexity index is 324. The zero-order valence-corrected chi connectivity index (χ0v) is 10.2. The van der Waals surface area contributed by atoms with Crippen LogP contribution in [-0.2, 0) is 4.74 Å². The number of nitrogens with zero attached hydrogens (tertiary/aromatic N) is 2. The Morgan fingerprint density at radius 1 is 1.44 bits per heavy atom. The fraction of sp³-hybridized carbons (Fsp3) is 0.556. The van der Waals surface area contributed by atoms with Gasteiger partial charge in [-0.15, -0.1) is 11.8 Å². The van der Waals surface area contributed by atoms with Crippen LogP contribution in [0.25, 0.3) is 0 Å². The maximum Gasteiger partial charge on any atom is 0.195 e. The summed E-state index contributed by atoms with van der Waals surface area (Å²) in [6.45, 7) is 0.738. The standard InChI is InChI=1S/C9H16N4O2S/c1-14-4-3-5-16-9-7(15-2)8(13-10)11-6-12-9/h6H,3-5,10H2,1-2H3,(H,11,12,13). The van der Waals surface area contributed by atoms with E-state index in [0.29, 0.717) is 11.6 Å². The number of thioether (sulfide) groups is 1. The Balaban J connectivity index is 2.63. The van der Waals surface area contributed by atoms with Crippen LogP contribution < -0.4 is 16.0 Å². The summed E-state index contributed by atoms with van der Waals surface area (Å²) in [6.07, 6.45) is 2.41. The molecule has 0 aliphatic heterocycles. The third-order valence-corrected chi connectivity index (χ3v) is 2.90. The van der Waals surface area contributed by atoms with E-state index in [4.69, 9.17) is 15.3 Å². The van der Waals surface area contributed by atoms with Crippen LogP contribution in [0, 0.1) is 0 Å². The monoisotopic (exact) mass is 244 g/mol. The molecule has 0 amide bonds. The van der Waals surface area contributed by atoms with Crippen molar-refractivity contribution in [2.24, 2.45) is 5.84 Å². The van der Waals surface area contributed by atoms with Crippen LogP contribution in [0.5, 0.6) is 5.75 Å². The molecule has 0 aliphatic rings. The van der Waals surface area contributed by atoms with Crippen molar-refractivity contribution in [1.82, 2.24) is 9.97 Å². The van der Waals surface area contributed by atoms with Gasteiger partial charge in [-0.05, 0) is 6.42 Å². The fourth-order valence-corrected chi connectivity index (χ4v) is 2.01. The van der Waals surface area contributed by atoms with Gasteiger partial charge in [0.2, 0.25) is 0 Å². The number of methoxy groups -OCH3 is 2. The van der Waals surface area contributed by atoms with Gasteiger partial charge in [0.1, 0.15) is 11.4 Å². The van der Waals surface area contributed by atoms with E-state index < -0.39 is 0 Å². The number of hydrazine groups is 1. The smallest absolute Gasteiger partial charge is 0.195 e. The molecule has 0 saturated carbocycles. The highest BCUT2D eigenvalue weighted by molar-refractivity contribution is 7.99. The molecule has 0 fully saturated rings. The molecule has 1 aromatic rings. The molecule has 3 N–H and O–H groups in total. The largest absolute Gasteiger partial charge is 0.490 e. The van der Waals surface area contributed by atoms with Crippen LogP contribution in [0.4, 0.5) is 5.82 Å². The van der Waals surface area contributed by atoms with Crippen molar-refractivity contribution in [2.45, 2.75) is 11.4 Å². The predicted octanol–water partition coefficient (Wildman–Crippen LogP) is 0.899. The Morgan fingerprint density at radius 3 is 2.88 bits per heavy atom. The Morgan fingerprint density at radius 2 is 2.25 bits per heavy atom. The molecule has 90 valence electrons. The van der Waals surface area contributed by atoms with E-state index in [1.54, 1.807) is 26.0 Å². The maximum atomic E-state index is 5.32. The number of anilines is 1. The van der Waals surface area contributed by atoms with Gasteiger partial charge in [0.05, 0.1) is 7.11 Å². The summed E-state index contributed by atoms with van der Waals surface area (Å²) in [4.78, 5) is 8.11. The molecule has 1 aromatic heterocycles. The van der Waals surface area contributed by atoms with Gasteiger partial charge >= 0.3 is 0 Å². The number of nitrogens with two attached hydrogens (primary N) is 1. The van der Waals surface area contributed by atoms with E-state index in [2.05, 4.69) is 15.4 Å². The van der Waals surface area contributed by atoms with E-state index in [0.717, 1.165) is 23.8 Å². The van der Waals surface area contributed by atoms with Gasteiger partial charge in [0.25, 0.3) is 0 Å². The number of hydrogen-bond donors (Lipinski definition) is 2. The lowest BCUT2D eigenvalue weighted by Gasteiger charge is -2.10. The van der Waals surface area contributed by atoms with Crippen molar-refractivity contribution < 1.29 is 9.47 Å². The molecular weight excluding hydrogens is 228 g/mol. The number of nitrogen functional groups attached to an aromatic ring is 1. The first kappa shape index (κ1) is 13.0. The van der Waals surface area contributed by atoms with Crippen molar-refractivity contribution in [2.75, 3.05) is 32.0 Å². The first-order valence-corrected chi connectivity index (χ1v) is 5.79. The number of ether oxygens (including phenoxy) is 2. The van der Waals surface area contributed by atoms with Gasteiger partial charge in [0, 0.05) is 19.5 Å². The average molecular weight is 244 g/mol.